The van der Waals surface area contributed by atoms with E-state index in [0.29, 0.717) is 16.9 Å². The molecule has 0 heterocycles. The molecule has 0 fully saturated rings. The van der Waals surface area contributed by atoms with Crippen molar-refractivity contribution in [1.29, 1.82) is 0 Å². The third kappa shape index (κ3) is 3.08. The smallest absolute Gasteiger partial charge is 0.273 e. The average molecular weight is 287 g/mol. The highest BCUT2D eigenvalue weighted by molar-refractivity contribution is 6.08. The summed E-state index contributed by atoms with van der Waals surface area (Å²) in [5.74, 6) is -0.215. The Hall–Kier alpha value is -3.09. The Bertz CT molecular complexity index is 700. The number of anilines is 2. The number of ether oxygens (including phenoxy) is 1. The maximum Gasteiger partial charge on any atom is 0.273 e. The molecule has 2 aromatic carbocycles. The number of para-hydroxylation sites is 1. The van der Waals surface area contributed by atoms with E-state index >= 15 is 0 Å². The highest BCUT2D eigenvalue weighted by atomic mass is 16.6. The minimum atomic E-state index is -0.538. The second-order valence-electron chi connectivity index (χ2n) is 4.18. The van der Waals surface area contributed by atoms with Crippen LogP contribution in [0.25, 0.3) is 0 Å². The van der Waals surface area contributed by atoms with Gasteiger partial charge in [-0.05, 0) is 18.2 Å². The van der Waals surface area contributed by atoms with Crippen LogP contribution in [0.15, 0.2) is 42.5 Å². The molecule has 108 valence electrons. The van der Waals surface area contributed by atoms with Crippen LogP contribution in [0.5, 0.6) is 5.75 Å². The van der Waals surface area contributed by atoms with Crippen molar-refractivity contribution in [2.45, 2.75) is 0 Å². The third-order valence-electron chi connectivity index (χ3n) is 2.85. The van der Waals surface area contributed by atoms with Gasteiger partial charge in [-0.25, -0.2) is 0 Å². The van der Waals surface area contributed by atoms with Crippen LogP contribution < -0.4 is 15.8 Å². The van der Waals surface area contributed by atoms with Crippen LogP contribution in [0, 0.1) is 10.1 Å². The van der Waals surface area contributed by atoms with Gasteiger partial charge in [0.1, 0.15) is 5.75 Å². The first-order valence-corrected chi connectivity index (χ1v) is 6.01. The summed E-state index contributed by atoms with van der Waals surface area (Å²) in [4.78, 5) is 22.3. The largest absolute Gasteiger partial charge is 0.494 e. The molecule has 21 heavy (non-hydrogen) atoms. The van der Waals surface area contributed by atoms with E-state index in [1.165, 1.54) is 25.3 Å². The molecule has 0 aliphatic carbocycles. The summed E-state index contributed by atoms with van der Waals surface area (Å²) >= 11 is 0. The fourth-order valence-electron chi connectivity index (χ4n) is 1.79. The number of benzene rings is 2. The second kappa shape index (κ2) is 5.91. The molecular weight excluding hydrogens is 274 g/mol. The second-order valence-corrected chi connectivity index (χ2v) is 4.18. The van der Waals surface area contributed by atoms with Gasteiger partial charge >= 0.3 is 0 Å². The zero-order valence-corrected chi connectivity index (χ0v) is 11.2. The highest BCUT2D eigenvalue weighted by Gasteiger charge is 2.15. The first-order chi connectivity index (χ1) is 10.0. The number of nitro groups is 1. The summed E-state index contributed by atoms with van der Waals surface area (Å²) in [6.07, 6.45) is 0. The molecular formula is C14H13N3O4. The van der Waals surface area contributed by atoms with Crippen molar-refractivity contribution in [3.8, 4) is 5.75 Å². The quantitative estimate of drug-likeness (QED) is 0.510. The maximum atomic E-state index is 12.1. The molecule has 0 saturated heterocycles. The number of non-ortho nitro benzene ring substituents is 1. The number of nitrogens with two attached hydrogens (primary N) is 1. The molecule has 0 unspecified atom stereocenters. The molecule has 0 saturated carbocycles. The topological polar surface area (TPSA) is 107 Å². The Morgan fingerprint density at radius 3 is 2.62 bits per heavy atom. The average Bonchev–Trinajstić information content (AvgIpc) is 2.47. The van der Waals surface area contributed by atoms with Crippen LogP contribution in [0.1, 0.15) is 10.4 Å². The van der Waals surface area contributed by atoms with Crippen LogP contribution in [0.3, 0.4) is 0 Å². The van der Waals surface area contributed by atoms with Crippen LogP contribution >= 0.6 is 0 Å². The number of carbonyl (C=O) groups excluding carboxylic acids is 1. The number of hydrogen-bond donors (Lipinski definition) is 2. The molecule has 7 nitrogen and oxygen atoms in total. The van der Waals surface area contributed by atoms with Gasteiger partial charge in [-0.3, -0.25) is 14.9 Å². The Morgan fingerprint density at radius 1 is 1.29 bits per heavy atom. The summed E-state index contributed by atoms with van der Waals surface area (Å²) in [5, 5.41) is 13.3. The van der Waals surface area contributed by atoms with E-state index in [1.54, 1.807) is 24.3 Å². The number of carbonyl (C=O) groups is 1. The van der Waals surface area contributed by atoms with Gasteiger partial charge in [0.2, 0.25) is 0 Å². The molecule has 0 aliphatic rings. The monoisotopic (exact) mass is 287 g/mol. The minimum Gasteiger partial charge on any atom is -0.494 e. The fourth-order valence-corrected chi connectivity index (χ4v) is 1.79. The summed E-state index contributed by atoms with van der Waals surface area (Å²) in [6, 6.07) is 10.5. The SMILES string of the molecule is COc1cc([N+](=O)[O-])ccc1NC(=O)c1ccccc1N. The zero-order valence-electron chi connectivity index (χ0n) is 11.2. The lowest BCUT2D eigenvalue weighted by Gasteiger charge is -2.11. The molecule has 0 aromatic heterocycles. The lowest BCUT2D eigenvalue weighted by Crippen LogP contribution is -2.14. The normalized spacial score (nSPS) is 9.95. The summed E-state index contributed by atoms with van der Waals surface area (Å²) < 4.78 is 5.05. The Balaban J connectivity index is 2.29. The number of hydrogen-bond acceptors (Lipinski definition) is 5. The number of methoxy groups -OCH3 is 1. The van der Waals surface area contributed by atoms with Gasteiger partial charge in [-0.2, -0.15) is 0 Å². The van der Waals surface area contributed by atoms with Crippen molar-refractivity contribution < 1.29 is 14.5 Å². The van der Waals surface area contributed by atoms with Crippen molar-refractivity contribution in [3.05, 3.63) is 58.1 Å². The van der Waals surface area contributed by atoms with E-state index in [0.717, 1.165) is 0 Å². The van der Waals surface area contributed by atoms with Crippen LogP contribution in [0.2, 0.25) is 0 Å². The summed E-state index contributed by atoms with van der Waals surface area (Å²) in [5.41, 5.74) is 6.60. The molecule has 0 spiro atoms. The van der Waals surface area contributed by atoms with Gasteiger partial charge in [0.05, 0.1) is 29.4 Å². The van der Waals surface area contributed by atoms with Crippen LogP contribution in [-0.4, -0.2) is 17.9 Å². The van der Waals surface area contributed by atoms with Crippen LogP contribution in [-0.2, 0) is 0 Å². The number of nitrogens with one attached hydrogen (secondary N) is 1. The van der Waals surface area contributed by atoms with Gasteiger partial charge in [0.15, 0.2) is 0 Å². The predicted molar refractivity (Wildman–Crippen MR) is 78.5 cm³/mol. The highest BCUT2D eigenvalue weighted by Crippen LogP contribution is 2.29. The minimum absolute atomic E-state index is 0.121. The Labute approximate surface area is 120 Å². The Kier molecular flexibility index (Phi) is 4.03. The number of amides is 1. The van der Waals surface area contributed by atoms with Crippen molar-refractivity contribution >= 4 is 23.0 Å². The zero-order chi connectivity index (χ0) is 15.4. The summed E-state index contributed by atoms with van der Waals surface area (Å²) in [7, 11) is 1.37. The molecule has 3 N–H and O–H groups in total. The van der Waals surface area contributed by atoms with Gasteiger partial charge < -0.3 is 15.8 Å². The number of rotatable bonds is 4. The summed E-state index contributed by atoms with van der Waals surface area (Å²) in [6.45, 7) is 0. The molecule has 0 atom stereocenters. The number of nitrogens with zero attached hydrogens (tertiary/aromatic N) is 1. The van der Waals surface area contributed by atoms with Crippen LogP contribution in [0.4, 0.5) is 17.1 Å². The Morgan fingerprint density at radius 2 is 2.00 bits per heavy atom. The van der Waals surface area contributed by atoms with Gasteiger partial charge in [-0.1, -0.05) is 12.1 Å². The van der Waals surface area contributed by atoms with Crippen molar-refractivity contribution in [3.63, 3.8) is 0 Å². The third-order valence-corrected chi connectivity index (χ3v) is 2.85. The van der Waals surface area contributed by atoms with E-state index in [-0.39, 0.29) is 11.4 Å². The van der Waals surface area contributed by atoms with E-state index in [4.69, 9.17) is 10.5 Å². The lowest BCUT2D eigenvalue weighted by atomic mass is 10.1. The molecule has 0 bridgehead atoms. The molecule has 7 heteroatoms. The van der Waals surface area contributed by atoms with Gasteiger partial charge in [0, 0.05) is 11.8 Å². The van der Waals surface area contributed by atoms with Crippen molar-refractivity contribution in [2.75, 3.05) is 18.2 Å². The van der Waals surface area contributed by atoms with E-state index in [2.05, 4.69) is 5.32 Å². The fraction of sp³-hybridized carbons (Fsp3) is 0.0714. The van der Waals surface area contributed by atoms with Gasteiger partial charge in [-0.15, -0.1) is 0 Å². The van der Waals surface area contributed by atoms with Gasteiger partial charge in [0.25, 0.3) is 11.6 Å². The lowest BCUT2D eigenvalue weighted by molar-refractivity contribution is -0.384. The first kappa shape index (κ1) is 14.3. The molecule has 1 amide bonds. The van der Waals surface area contributed by atoms with E-state index < -0.39 is 10.8 Å². The first-order valence-electron chi connectivity index (χ1n) is 6.01. The van der Waals surface area contributed by atoms with Crippen molar-refractivity contribution in [1.82, 2.24) is 0 Å². The van der Waals surface area contributed by atoms with Crippen molar-refractivity contribution in [2.24, 2.45) is 0 Å². The molecule has 0 aliphatic heterocycles. The molecule has 2 aromatic rings. The number of nitro benzene ring substituents is 1. The maximum absolute atomic E-state index is 12.1. The van der Waals surface area contributed by atoms with E-state index in [1.807, 2.05) is 0 Å². The van der Waals surface area contributed by atoms with E-state index in [9.17, 15) is 14.9 Å². The standard InChI is InChI=1S/C14H13N3O4/c1-21-13-8-9(17(19)20)6-7-12(13)16-14(18)10-4-2-3-5-11(10)15/h2-8H,15H2,1H3,(H,16,18). The number of nitrogen functional groups attached to an aromatic ring is 1. The predicted octanol–water partition coefficient (Wildman–Crippen LogP) is 2.44. The molecule has 0 radical (unpaired) electrons. The molecule has 2 rings (SSSR count).